The molecule has 126 valence electrons. The monoisotopic (exact) mass is 366 g/mol. The third-order valence-electron chi connectivity index (χ3n) is 4.21. The summed E-state index contributed by atoms with van der Waals surface area (Å²) in [5.41, 5.74) is 1.14. The molecule has 0 spiro atoms. The minimum atomic E-state index is -3.45. The number of nitrogens with zero attached hydrogens (tertiary/aromatic N) is 1. The van der Waals surface area contributed by atoms with Crippen LogP contribution in [0.15, 0.2) is 11.4 Å². The van der Waals surface area contributed by atoms with E-state index in [0.29, 0.717) is 32.5 Å². The fourth-order valence-corrected chi connectivity index (χ4v) is 5.15. The van der Waals surface area contributed by atoms with Gasteiger partial charge >= 0.3 is 0 Å². The summed E-state index contributed by atoms with van der Waals surface area (Å²) in [4.78, 5) is 15.5. The van der Waals surface area contributed by atoms with Crippen molar-refractivity contribution in [3.8, 4) is 0 Å². The average molecular weight is 367 g/mol. The van der Waals surface area contributed by atoms with E-state index in [2.05, 4.69) is 5.32 Å². The van der Waals surface area contributed by atoms with Gasteiger partial charge < -0.3 is 10.2 Å². The summed E-state index contributed by atoms with van der Waals surface area (Å²) < 4.78 is 23.2. The van der Waals surface area contributed by atoms with Gasteiger partial charge in [0.05, 0.1) is 6.54 Å². The smallest absolute Gasteiger partial charge is 0.244 e. The Morgan fingerprint density at radius 2 is 2.00 bits per heavy atom. The van der Waals surface area contributed by atoms with E-state index < -0.39 is 14.6 Å². The number of thiophene rings is 1. The lowest BCUT2D eigenvalue weighted by Crippen LogP contribution is -2.57. The molecule has 0 saturated carbocycles. The van der Waals surface area contributed by atoms with Crippen molar-refractivity contribution in [3.05, 3.63) is 21.9 Å². The molecule has 1 aromatic heterocycles. The van der Waals surface area contributed by atoms with Gasteiger partial charge in [-0.2, -0.15) is 0 Å². The molecule has 5 nitrogen and oxygen atoms in total. The highest BCUT2D eigenvalue weighted by Gasteiger charge is 2.49. The number of piperidine rings is 1. The average Bonchev–Trinajstić information content (AvgIpc) is 2.83. The van der Waals surface area contributed by atoms with Crippen LogP contribution in [0.25, 0.3) is 0 Å². The standard InChI is InChI=1S/C14H22N2O3S2.ClH/c1-11-4-9-20-12(11)10-16(2)13(17)14(21(3,18)19)5-7-15-8-6-14;/h4,9,15H,5-8,10H2,1-3H3;1H. The molecule has 1 aliphatic heterocycles. The summed E-state index contributed by atoms with van der Waals surface area (Å²) in [5, 5.41) is 5.11. The Morgan fingerprint density at radius 1 is 1.41 bits per heavy atom. The Hall–Kier alpha value is -0.630. The predicted octanol–water partition coefficient (Wildman–Crippen LogP) is 1.60. The minimum Gasteiger partial charge on any atom is -0.339 e. The van der Waals surface area contributed by atoms with E-state index >= 15 is 0 Å². The summed E-state index contributed by atoms with van der Waals surface area (Å²) in [5.74, 6) is -0.278. The van der Waals surface area contributed by atoms with Crippen molar-refractivity contribution in [2.24, 2.45) is 0 Å². The number of hydrogen-bond acceptors (Lipinski definition) is 5. The van der Waals surface area contributed by atoms with Crippen molar-refractivity contribution in [2.45, 2.75) is 31.1 Å². The number of carbonyl (C=O) groups excluding carboxylic acids is 1. The summed E-state index contributed by atoms with van der Waals surface area (Å²) in [6, 6.07) is 2.01. The lowest BCUT2D eigenvalue weighted by Gasteiger charge is -2.37. The van der Waals surface area contributed by atoms with E-state index in [1.165, 1.54) is 6.26 Å². The highest BCUT2D eigenvalue weighted by molar-refractivity contribution is 7.92. The SMILES string of the molecule is Cc1ccsc1CN(C)C(=O)C1(S(C)(=O)=O)CCNCC1.Cl. The Balaban J connectivity index is 0.00000242. The van der Waals surface area contributed by atoms with Gasteiger partial charge in [-0.05, 0) is 49.9 Å². The van der Waals surface area contributed by atoms with Crippen LogP contribution >= 0.6 is 23.7 Å². The maximum Gasteiger partial charge on any atom is 0.244 e. The number of carbonyl (C=O) groups is 1. The van der Waals surface area contributed by atoms with Gasteiger partial charge in [0.25, 0.3) is 0 Å². The van der Waals surface area contributed by atoms with Gasteiger partial charge in [0, 0.05) is 18.2 Å². The molecule has 1 amide bonds. The van der Waals surface area contributed by atoms with Crippen LogP contribution in [0.5, 0.6) is 0 Å². The second kappa shape index (κ2) is 7.29. The van der Waals surface area contributed by atoms with Crippen LogP contribution in [0.1, 0.15) is 23.3 Å². The van der Waals surface area contributed by atoms with Crippen LogP contribution < -0.4 is 5.32 Å². The molecule has 0 aromatic carbocycles. The molecule has 0 atom stereocenters. The quantitative estimate of drug-likeness (QED) is 0.879. The van der Waals surface area contributed by atoms with Crippen LogP contribution in [-0.4, -0.2) is 50.4 Å². The highest BCUT2D eigenvalue weighted by atomic mass is 35.5. The molecule has 2 heterocycles. The zero-order chi connectivity index (χ0) is 15.7. The number of hydrogen-bond donors (Lipinski definition) is 1. The normalized spacial score (nSPS) is 17.6. The van der Waals surface area contributed by atoms with Crippen molar-refractivity contribution in [3.63, 3.8) is 0 Å². The molecule has 0 radical (unpaired) electrons. The van der Waals surface area contributed by atoms with Crippen LogP contribution in [0.4, 0.5) is 0 Å². The topological polar surface area (TPSA) is 66.5 Å². The van der Waals surface area contributed by atoms with Gasteiger partial charge in [-0.15, -0.1) is 23.7 Å². The van der Waals surface area contributed by atoms with E-state index in [1.807, 2.05) is 18.4 Å². The summed E-state index contributed by atoms with van der Waals surface area (Å²) in [7, 11) is -1.76. The molecule has 1 N–H and O–H groups in total. The Labute approximate surface area is 142 Å². The first kappa shape index (κ1) is 19.4. The Bertz CT molecular complexity index is 622. The Morgan fingerprint density at radius 3 is 2.45 bits per heavy atom. The molecular formula is C14H23ClN2O3S2. The first-order chi connectivity index (χ1) is 9.78. The van der Waals surface area contributed by atoms with E-state index in [-0.39, 0.29) is 18.3 Å². The van der Waals surface area contributed by atoms with E-state index in [0.717, 1.165) is 10.4 Å². The second-order valence-corrected chi connectivity index (χ2v) is 9.03. The van der Waals surface area contributed by atoms with E-state index in [1.54, 1.807) is 23.3 Å². The van der Waals surface area contributed by atoms with Gasteiger partial charge in [0.15, 0.2) is 14.6 Å². The van der Waals surface area contributed by atoms with Crippen LogP contribution in [0.3, 0.4) is 0 Å². The maximum atomic E-state index is 12.8. The number of amides is 1. The molecule has 2 rings (SSSR count). The van der Waals surface area contributed by atoms with Gasteiger partial charge in [0.2, 0.25) is 5.91 Å². The van der Waals surface area contributed by atoms with Gasteiger partial charge in [-0.25, -0.2) is 8.42 Å². The van der Waals surface area contributed by atoms with E-state index in [9.17, 15) is 13.2 Å². The molecule has 0 bridgehead atoms. The molecule has 1 aliphatic rings. The summed E-state index contributed by atoms with van der Waals surface area (Å²) in [6.45, 7) is 3.59. The van der Waals surface area contributed by atoms with Gasteiger partial charge in [-0.1, -0.05) is 0 Å². The maximum absolute atomic E-state index is 12.8. The van der Waals surface area contributed by atoms with Crippen molar-refractivity contribution in [2.75, 3.05) is 26.4 Å². The first-order valence-corrected chi connectivity index (χ1v) is 9.74. The van der Waals surface area contributed by atoms with Crippen molar-refractivity contribution in [1.29, 1.82) is 0 Å². The molecular weight excluding hydrogens is 344 g/mol. The van der Waals surface area contributed by atoms with Crippen molar-refractivity contribution in [1.82, 2.24) is 10.2 Å². The Kier molecular flexibility index (Phi) is 6.44. The number of sulfone groups is 1. The van der Waals surface area contributed by atoms with Crippen molar-refractivity contribution < 1.29 is 13.2 Å². The fraction of sp³-hybridized carbons (Fsp3) is 0.643. The predicted molar refractivity (Wildman–Crippen MR) is 92.5 cm³/mol. The molecule has 1 aromatic rings. The summed E-state index contributed by atoms with van der Waals surface area (Å²) in [6.07, 6.45) is 1.87. The molecule has 1 fully saturated rings. The summed E-state index contributed by atoms with van der Waals surface area (Å²) >= 11 is 1.59. The zero-order valence-corrected chi connectivity index (χ0v) is 15.5. The van der Waals surface area contributed by atoms with Gasteiger partial charge in [-0.3, -0.25) is 4.79 Å². The largest absolute Gasteiger partial charge is 0.339 e. The third-order valence-corrected chi connectivity index (χ3v) is 7.22. The van der Waals surface area contributed by atoms with E-state index in [4.69, 9.17) is 0 Å². The van der Waals surface area contributed by atoms with Crippen LogP contribution in [-0.2, 0) is 21.2 Å². The molecule has 8 heteroatoms. The minimum absolute atomic E-state index is 0. The second-order valence-electron chi connectivity index (χ2n) is 5.70. The highest BCUT2D eigenvalue weighted by Crippen LogP contribution is 2.30. The number of aryl methyl sites for hydroxylation is 1. The lowest BCUT2D eigenvalue weighted by atomic mass is 9.95. The number of rotatable bonds is 4. The van der Waals surface area contributed by atoms with Crippen molar-refractivity contribution >= 4 is 39.5 Å². The molecule has 0 unspecified atom stereocenters. The lowest BCUT2D eigenvalue weighted by molar-refractivity contribution is -0.133. The zero-order valence-electron chi connectivity index (χ0n) is 13.1. The number of nitrogens with one attached hydrogen (secondary N) is 1. The fourth-order valence-electron chi connectivity index (χ4n) is 2.77. The third kappa shape index (κ3) is 3.64. The molecule has 1 saturated heterocycles. The molecule has 22 heavy (non-hydrogen) atoms. The van der Waals surface area contributed by atoms with Crippen LogP contribution in [0.2, 0.25) is 0 Å². The van der Waals surface area contributed by atoms with Gasteiger partial charge in [0.1, 0.15) is 0 Å². The molecule has 0 aliphatic carbocycles. The number of halogens is 1. The first-order valence-electron chi connectivity index (χ1n) is 6.97. The van der Waals surface area contributed by atoms with Crippen LogP contribution in [0, 0.1) is 6.92 Å².